The molecular weight excluding hydrogens is 246 g/mol. The van der Waals surface area contributed by atoms with E-state index in [1.807, 2.05) is 11.3 Å². The maximum absolute atomic E-state index is 3.59. The molecule has 2 rings (SSSR count). The van der Waals surface area contributed by atoms with Crippen LogP contribution in [0, 0.1) is 0 Å². The van der Waals surface area contributed by atoms with Crippen molar-refractivity contribution in [2.45, 2.75) is 31.7 Å². The number of thiophene rings is 1. The fourth-order valence-corrected chi connectivity index (χ4v) is 3.71. The van der Waals surface area contributed by atoms with Crippen LogP contribution in [0.15, 0.2) is 15.9 Å². The molecule has 0 aromatic carbocycles. The van der Waals surface area contributed by atoms with E-state index in [-0.39, 0.29) is 0 Å². The average Bonchev–Trinajstić information content (AvgIpc) is 2.43. The first-order chi connectivity index (χ1) is 6.31. The van der Waals surface area contributed by atoms with E-state index in [0.29, 0.717) is 0 Å². The van der Waals surface area contributed by atoms with Crippen LogP contribution in [-0.2, 0) is 0 Å². The number of nitrogens with one attached hydrogen (secondary N) is 1. The van der Waals surface area contributed by atoms with Crippen molar-refractivity contribution < 1.29 is 0 Å². The van der Waals surface area contributed by atoms with Crippen LogP contribution in [0.2, 0.25) is 0 Å². The second kappa shape index (κ2) is 4.11. The minimum Gasteiger partial charge on any atom is -0.314 e. The predicted molar refractivity (Wildman–Crippen MR) is 61.5 cm³/mol. The molecule has 0 spiro atoms. The normalized spacial score (nSPS) is 27.2. The largest absolute Gasteiger partial charge is 0.314 e. The van der Waals surface area contributed by atoms with Gasteiger partial charge in [0.25, 0.3) is 0 Å². The summed E-state index contributed by atoms with van der Waals surface area (Å²) in [7, 11) is 0. The highest BCUT2D eigenvalue weighted by atomic mass is 79.9. The molecule has 1 aromatic rings. The van der Waals surface area contributed by atoms with Crippen LogP contribution >= 0.6 is 27.3 Å². The van der Waals surface area contributed by atoms with Crippen molar-refractivity contribution in [2.75, 3.05) is 6.54 Å². The summed E-state index contributed by atoms with van der Waals surface area (Å²) < 4.78 is 1.30. The van der Waals surface area contributed by atoms with Crippen LogP contribution in [-0.4, -0.2) is 12.6 Å². The van der Waals surface area contributed by atoms with Gasteiger partial charge in [-0.2, -0.15) is 0 Å². The topological polar surface area (TPSA) is 12.0 Å². The van der Waals surface area contributed by atoms with Gasteiger partial charge in [-0.25, -0.2) is 0 Å². The molecule has 1 N–H and O–H groups in total. The Morgan fingerprint density at radius 1 is 1.62 bits per heavy atom. The van der Waals surface area contributed by atoms with Crippen molar-refractivity contribution in [1.29, 1.82) is 0 Å². The zero-order valence-electron chi connectivity index (χ0n) is 7.72. The molecule has 72 valence electrons. The maximum Gasteiger partial charge on any atom is 0.0317 e. The fourth-order valence-electron chi connectivity index (χ4n) is 1.88. The highest BCUT2D eigenvalue weighted by molar-refractivity contribution is 9.10. The third kappa shape index (κ3) is 1.97. The summed E-state index contributed by atoms with van der Waals surface area (Å²) in [5, 5.41) is 5.65. The molecule has 3 heteroatoms. The zero-order chi connectivity index (χ0) is 9.26. The van der Waals surface area contributed by atoms with Gasteiger partial charge in [-0.1, -0.05) is 6.92 Å². The molecule has 0 radical (unpaired) electrons. The van der Waals surface area contributed by atoms with Gasteiger partial charge in [0.1, 0.15) is 0 Å². The van der Waals surface area contributed by atoms with Gasteiger partial charge in [-0.3, -0.25) is 0 Å². The Kier molecular flexibility index (Phi) is 3.06. The molecule has 1 aliphatic rings. The lowest BCUT2D eigenvalue weighted by Gasteiger charge is -2.35. The number of halogens is 1. The lowest BCUT2D eigenvalue weighted by atomic mass is 9.79. The Morgan fingerprint density at radius 3 is 2.92 bits per heavy atom. The van der Waals surface area contributed by atoms with Crippen LogP contribution in [0.5, 0.6) is 0 Å². The summed E-state index contributed by atoms with van der Waals surface area (Å²) in [5.74, 6) is 0.804. The molecule has 0 aliphatic heterocycles. The molecule has 0 atom stereocenters. The predicted octanol–water partition coefficient (Wildman–Crippen LogP) is 3.37. The smallest absolute Gasteiger partial charge is 0.0317 e. The van der Waals surface area contributed by atoms with E-state index in [4.69, 9.17) is 0 Å². The van der Waals surface area contributed by atoms with Crippen molar-refractivity contribution in [1.82, 2.24) is 5.32 Å². The molecule has 1 heterocycles. The summed E-state index contributed by atoms with van der Waals surface area (Å²) in [6.45, 7) is 3.28. The second-order valence-corrected chi connectivity index (χ2v) is 5.36. The lowest BCUT2D eigenvalue weighted by molar-refractivity contribution is 0.299. The number of hydrogen-bond donors (Lipinski definition) is 1. The molecule has 0 amide bonds. The van der Waals surface area contributed by atoms with Crippen molar-refractivity contribution in [3.63, 3.8) is 0 Å². The van der Waals surface area contributed by atoms with Crippen molar-refractivity contribution in [2.24, 2.45) is 0 Å². The van der Waals surface area contributed by atoms with Crippen LogP contribution in [0.4, 0.5) is 0 Å². The van der Waals surface area contributed by atoms with Gasteiger partial charge in [0.05, 0.1) is 0 Å². The highest BCUT2D eigenvalue weighted by Crippen LogP contribution is 2.42. The summed E-state index contributed by atoms with van der Waals surface area (Å²) in [6, 6.07) is 2.92. The second-order valence-electron chi connectivity index (χ2n) is 3.56. The standard InChI is InChI=1S/C10H14BrNS/c1-2-12-8-5-7(6-8)10-9(11)3-4-13-10/h3-4,7-8,12H,2,5-6H2,1H3. The minimum atomic E-state index is 0.768. The van der Waals surface area contributed by atoms with E-state index in [2.05, 4.69) is 39.6 Å². The van der Waals surface area contributed by atoms with E-state index in [9.17, 15) is 0 Å². The van der Waals surface area contributed by atoms with Crippen molar-refractivity contribution >= 4 is 27.3 Å². The first-order valence-electron chi connectivity index (χ1n) is 4.77. The van der Waals surface area contributed by atoms with Crippen LogP contribution < -0.4 is 5.32 Å². The van der Waals surface area contributed by atoms with E-state index in [0.717, 1.165) is 18.5 Å². The van der Waals surface area contributed by atoms with Gasteiger partial charge in [-0.05, 0) is 52.7 Å². The monoisotopic (exact) mass is 259 g/mol. The molecule has 0 bridgehead atoms. The van der Waals surface area contributed by atoms with Gasteiger partial charge < -0.3 is 5.32 Å². The Labute approximate surface area is 91.7 Å². The molecule has 13 heavy (non-hydrogen) atoms. The Hall–Kier alpha value is 0.140. The minimum absolute atomic E-state index is 0.768. The summed E-state index contributed by atoms with van der Waals surface area (Å²) >= 11 is 5.47. The molecule has 0 saturated heterocycles. The molecule has 1 aliphatic carbocycles. The molecule has 0 unspecified atom stereocenters. The third-order valence-electron chi connectivity index (χ3n) is 2.65. The Morgan fingerprint density at radius 2 is 2.38 bits per heavy atom. The quantitative estimate of drug-likeness (QED) is 0.878. The number of hydrogen-bond acceptors (Lipinski definition) is 2. The van der Waals surface area contributed by atoms with Crippen LogP contribution in [0.3, 0.4) is 0 Å². The summed E-state index contributed by atoms with van der Waals surface area (Å²) in [5.41, 5.74) is 0. The highest BCUT2D eigenvalue weighted by Gasteiger charge is 2.31. The van der Waals surface area contributed by atoms with Gasteiger partial charge >= 0.3 is 0 Å². The van der Waals surface area contributed by atoms with E-state index >= 15 is 0 Å². The van der Waals surface area contributed by atoms with Crippen molar-refractivity contribution in [3.05, 3.63) is 20.8 Å². The van der Waals surface area contributed by atoms with Crippen LogP contribution in [0.1, 0.15) is 30.6 Å². The number of rotatable bonds is 3. The van der Waals surface area contributed by atoms with Crippen molar-refractivity contribution in [3.8, 4) is 0 Å². The van der Waals surface area contributed by atoms with Crippen LogP contribution in [0.25, 0.3) is 0 Å². The van der Waals surface area contributed by atoms with Gasteiger partial charge in [-0.15, -0.1) is 11.3 Å². The van der Waals surface area contributed by atoms with Gasteiger partial charge in [0.2, 0.25) is 0 Å². The molecule has 1 aromatic heterocycles. The van der Waals surface area contributed by atoms with E-state index < -0.39 is 0 Å². The summed E-state index contributed by atoms with van der Waals surface area (Å²) in [6.07, 6.45) is 2.62. The zero-order valence-corrected chi connectivity index (χ0v) is 10.1. The van der Waals surface area contributed by atoms with E-state index in [1.165, 1.54) is 22.2 Å². The Balaban J connectivity index is 1.90. The SMILES string of the molecule is CCNC1CC(c2sccc2Br)C1. The molecule has 1 saturated carbocycles. The summed E-state index contributed by atoms with van der Waals surface area (Å²) in [4.78, 5) is 1.54. The molecule has 1 nitrogen and oxygen atoms in total. The third-order valence-corrected chi connectivity index (χ3v) is 4.68. The molecular formula is C10H14BrNS. The fraction of sp³-hybridized carbons (Fsp3) is 0.600. The Bertz CT molecular complexity index is 278. The average molecular weight is 260 g/mol. The van der Waals surface area contributed by atoms with Gasteiger partial charge in [0.15, 0.2) is 0 Å². The maximum atomic E-state index is 3.59. The first kappa shape index (κ1) is 9.69. The first-order valence-corrected chi connectivity index (χ1v) is 6.44. The van der Waals surface area contributed by atoms with E-state index in [1.54, 1.807) is 0 Å². The lowest BCUT2D eigenvalue weighted by Crippen LogP contribution is -2.39. The molecule has 1 fully saturated rings. The van der Waals surface area contributed by atoms with Gasteiger partial charge in [0, 0.05) is 15.4 Å².